The van der Waals surface area contributed by atoms with E-state index in [1.165, 1.54) is 87.2 Å². The number of nitrogens with one attached hydrogen (secondary N) is 3. The Morgan fingerprint density at radius 1 is 0.746 bits per heavy atom. The number of hydrogen-bond donors (Lipinski definition) is 10. The molecule has 0 radical (unpaired) electrons. The number of aliphatic hydroxyl groups is 2. The average molecular weight is 959 g/mol. The van der Waals surface area contributed by atoms with Gasteiger partial charge < -0.3 is 46.0 Å². The first-order valence-electron chi connectivity index (χ1n) is 26.9. The Morgan fingerprint density at radius 2 is 1.58 bits per heavy atom. The second-order valence-electron chi connectivity index (χ2n) is 23.9. The van der Waals surface area contributed by atoms with E-state index in [-0.39, 0.29) is 73.9 Å². The molecule has 1 aromatic heterocycles. The molecule has 3 heterocycles. The molecule has 12 atom stereocenters. The lowest BCUT2D eigenvalue weighted by molar-refractivity contribution is -0.223. The molecule has 4 spiro atoms. The van der Waals surface area contributed by atoms with Crippen molar-refractivity contribution < 1.29 is 35.7 Å². The average Bonchev–Trinajstić information content (AvgIpc) is 4.22. The van der Waals surface area contributed by atoms with E-state index < -0.39 is 17.7 Å². The second kappa shape index (κ2) is 16.6. The van der Waals surface area contributed by atoms with Crippen molar-refractivity contribution in [2.24, 2.45) is 39.9 Å². The van der Waals surface area contributed by atoms with Crippen LogP contribution in [0.2, 0.25) is 0 Å². The van der Waals surface area contributed by atoms with Crippen LogP contribution < -0.4 is 10.6 Å². The van der Waals surface area contributed by atoms with Crippen molar-refractivity contribution in [3.05, 3.63) is 119 Å². The third-order valence-corrected chi connectivity index (χ3v) is 21.1. The molecule has 13 rings (SSSR count). The summed E-state index contributed by atoms with van der Waals surface area (Å²) >= 11 is 0. The third-order valence-electron chi connectivity index (χ3n) is 21.1. The maximum absolute atomic E-state index is 12.9. The van der Waals surface area contributed by atoms with E-state index in [1.807, 2.05) is 18.5 Å². The number of aliphatic hydroxyl groups excluding tert-OH is 2. The van der Waals surface area contributed by atoms with Crippen LogP contribution in [0.1, 0.15) is 142 Å². The minimum Gasteiger partial charge on any atom is -0.507 e. The highest BCUT2D eigenvalue weighted by Crippen LogP contribution is 2.79. The van der Waals surface area contributed by atoms with Crippen molar-refractivity contribution >= 4 is 22.9 Å². The lowest BCUT2D eigenvalue weighted by atomic mass is 9.31. The van der Waals surface area contributed by atoms with Gasteiger partial charge in [0.2, 0.25) is 0 Å². The Kier molecular flexibility index (Phi) is 10.6. The molecule has 4 aromatic carbocycles. The Labute approximate surface area is 416 Å². The van der Waals surface area contributed by atoms with E-state index in [1.54, 1.807) is 18.2 Å². The monoisotopic (exact) mass is 959 g/mol. The van der Waals surface area contributed by atoms with Gasteiger partial charge in [-0.25, -0.2) is 4.98 Å². The van der Waals surface area contributed by atoms with E-state index in [9.17, 15) is 35.7 Å². The molecule has 5 aromatic rings. The molecule has 0 unspecified atom stereocenters. The second-order valence-corrected chi connectivity index (χ2v) is 23.9. The number of aromatic hydroxyl groups is 5. The molecule has 8 aliphatic rings. The number of fused-ring (bicyclic) bond motifs is 5. The number of hydrogen-bond acceptors (Lipinski definition) is 10. The van der Waals surface area contributed by atoms with Crippen LogP contribution in [0.15, 0.2) is 85.3 Å². The van der Waals surface area contributed by atoms with Crippen LogP contribution in [-0.2, 0) is 18.3 Å². The number of phenols is 5. The summed E-state index contributed by atoms with van der Waals surface area (Å²) in [6, 6.07) is 18.6. The zero-order valence-corrected chi connectivity index (χ0v) is 40.7. The minimum atomic E-state index is -0.579. The molecule has 6 aliphatic carbocycles. The van der Waals surface area contributed by atoms with E-state index in [0.29, 0.717) is 52.7 Å². The Hall–Kier alpha value is -5.33. The normalized spacial score (nSPS) is 36.8. The van der Waals surface area contributed by atoms with Gasteiger partial charge in [-0.15, -0.1) is 0 Å². The number of nitrogens with zero attached hydrogens (tertiary/aromatic N) is 1. The third kappa shape index (κ3) is 6.63. The number of rotatable bonds is 7. The highest BCUT2D eigenvalue weighted by Gasteiger charge is 2.78. The van der Waals surface area contributed by atoms with E-state index >= 15 is 0 Å². The molecule has 5 saturated carbocycles. The molecule has 11 heteroatoms. The maximum Gasteiger partial charge on any atom is 0.169 e. The van der Waals surface area contributed by atoms with Gasteiger partial charge in [0.1, 0.15) is 12.0 Å². The van der Waals surface area contributed by atoms with Gasteiger partial charge in [-0.1, -0.05) is 92.5 Å². The summed E-state index contributed by atoms with van der Waals surface area (Å²) in [5.41, 5.74) is 4.70. The van der Waals surface area contributed by atoms with Crippen LogP contribution >= 0.6 is 0 Å². The van der Waals surface area contributed by atoms with Gasteiger partial charge in [0, 0.05) is 46.4 Å². The smallest absolute Gasteiger partial charge is 0.169 e. The molecular formula is C60H70N4O7. The largest absolute Gasteiger partial charge is 0.507 e. The highest BCUT2D eigenvalue weighted by atomic mass is 16.3. The van der Waals surface area contributed by atoms with E-state index in [4.69, 9.17) is 4.98 Å². The van der Waals surface area contributed by atoms with Gasteiger partial charge in [-0.2, -0.15) is 0 Å². The van der Waals surface area contributed by atoms with Crippen molar-refractivity contribution in [1.29, 1.82) is 0 Å². The fraction of sp³-hybridized carbons (Fsp3) is 0.517. The first-order chi connectivity index (χ1) is 34.4. The zero-order valence-electron chi connectivity index (χ0n) is 40.7. The van der Waals surface area contributed by atoms with Crippen molar-refractivity contribution in [3.8, 4) is 28.7 Å². The van der Waals surface area contributed by atoms with E-state index in [2.05, 4.69) is 58.2 Å². The Balaban J connectivity index is 0.896. The molecule has 2 saturated heterocycles. The lowest BCUT2D eigenvalue weighted by Gasteiger charge is -2.75. The molecule has 0 amide bonds. The van der Waals surface area contributed by atoms with Crippen LogP contribution in [0.25, 0.3) is 22.9 Å². The number of H-pyrrole nitrogens is 1. The molecule has 7 fully saturated rings. The van der Waals surface area contributed by atoms with Crippen molar-refractivity contribution in [2.45, 2.75) is 151 Å². The highest BCUT2D eigenvalue weighted by molar-refractivity contribution is 6.03. The first kappa shape index (κ1) is 45.5. The maximum atomic E-state index is 12.9. The van der Waals surface area contributed by atoms with Crippen LogP contribution in [-0.4, -0.2) is 69.6 Å². The number of aromatic amines is 1. The van der Waals surface area contributed by atoms with Gasteiger partial charge in [0.05, 0.1) is 17.8 Å². The van der Waals surface area contributed by atoms with Gasteiger partial charge in [0.25, 0.3) is 0 Å². The summed E-state index contributed by atoms with van der Waals surface area (Å²) < 4.78 is 0. The summed E-state index contributed by atoms with van der Waals surface area (Å²) in [5, 5.41) is 88.1. The fourth-order valence-corrected chi connectivity index (χ4v) is 18.7. The van der Waals surface area contributed by atoms with Gasteiger partial charge in [-0.05, 0) is 170 Å². The van der Waals surface area contributed by atoms with Crippen molar-refractivity contribution in [1.82, 2.24) is 20.6 Å². The zero-order chi connectivity index (χ0) is 48.5. The number of piperidine rings is 2. The standard InChI is InChI=1S/C60H70N4O7/c65-45-20-14-36(28-48(45)68)13-18-40-41-8-3-9-46(66)51(41)53(71)52(70)42(40)19-12-35-10-15-37(16-11-35)44-30-56(31-50(69)64-57(33-56)22-1-2-23-57)43-29-39-7-5-25-59(39)27-26-58-24-4-6-38(58)17-21-47(67)54(58)60(59,55(43)63-44)49-32-61-34-62-49/h3,8-11,13-18,20-21,28,32,34,38-39,43-44,47,50,54-55,63-71H,1-2,4-7,12,19,22-27,29-31,33H2,(H,61,62)/b18-13+/t38-,39+,43+,44+,47-,50+,54-,55-,56+,58+,59-,60-/m1/s1. The molecule has 372 valence electrons. The number of imidazole rings is 1. The molecule has 10 N–H and O–H groups in total. The summed E-state index contributed by atoms with van der Waals surface area (Å²) in [5.74, 6) is 0.0747. The summed E-state index contributed by atoms with van der Waals surface area (Å²) in [7, 11) is 0. The fourth-order valence-electron chi connectivity index (χ4n) is 18.7. The predicted octanol–water partition coefficient (Wildman–Crippen LogP) is 10.3. The molecule has 11 nitrogen and oxygen atoms in total. The quantitative estimate of drug-likeness (QED) is 0.0426. The van der Waals surface area contributed by atoms with Crippen molar-refractivity contribution in [3.63, 3.8) is 0 Å². The number of phenolic OH excluding ortho intramolecular Hbond substituents is 5. The van der Waals surface area contributed by atoms with Crippen LogP contribution in [0.5, 0.6) is 28.7 Å². The summed E-state index contributed by atoms with van der Waals surface area (Å²) in [4.78, 5) is 8.68. The number of aromatic nitrogens is 2. The topological polar surface area (TPSA) is 194 Å². The first-order valence-corrected chi connectivity index (χ1v) is 26.9. The summed E-state index contributed by atoms with van der Waals surface area (Å²) in [6.45, 7) is 0. The molecular weight excluding hydrogens is 889 g/mol. The van der Waals surface area contributed by atoms with Crippen molar-refractivity contribution in [2.75, 3.05) is 0 Å². The van der Waals surface area contributed by atoms with Crippen LogP contribution in [0.3, 0.4) is 0 Å². The number of benzene rings is 4. The minimum absolute atomic E-state index is 0.00242. The number of allylic oxidation sites excluding steroid dienone is 1. The van der Waals surface area contributed by atoms with Gasteiger partial charge in [0.15, 0.2) is 23.0 Å². The lowest BCUT2D eigenvalue weighted by Crippen LogP contribution is -2.79. The van der Waals surface area contributed by atoms with Gasteiger partial charge in [-0.3, -0.25) is 5.32 Å². The Bertz CT molecular complexity index is 2930. The SMILES string of the molecule is Oc1ccc(/C=C/c2c(CCc3ccc([C@@H]4C[C@@]5(C[C@H](O)NC6(CCCC6)C5)[C@H]5C[C@@H]6CCC[C@@]67CC[C@@]68CCC[C@@H]6C=C[C@@H](O)[C@H]8[C@]7(c6cnc[nH]6)[C@@H]5N4)cc3)c(O)c(O)c3c(O)cccc23)cc1O. The molecule has 2 aliphatic heterocycles. The van der Waals surface area contributed by atoms with Crippen LogP contribution in [0.4, 0.5) is 0 Å². The molecule has 0 bridgehead atoms. The van der Waals surface area contributed by atoms with Gasteiger partial charge >= 0.3 is 0 Å². The predicted molar refractivity (Wildman–Crippen MR) is 274 cm³/mol. The summed E-state index contributed by atoms with van der Waals surface area (Å²) in [6.07, 6.45) is 29.9. The Morgan fingerprint density at radius 3 is 2.38 bits per heavy atom. The van der Waals surface area contributed by atoms with Crippen LogP contribution in [0, 0.1) is 39.9 Å². The molecule has 71 heavy (non-hydrogen) atoms. The number of aryl methyl sites for hydroxylation is 1. The van der Waals surface area contributed by atoms with E-state index in [0.717, 1.165) is 50.5 Å².